The highest BCUT2D eigenvalue weighted by Gasteiger charge is 2.08. The third kappa shape index (κ3) is 3.40. The number of anilines is 1. The fraction of sp³-hybridized carbons (Fsp3) is 0.125. The lowest BCUT2D eigenvalue weighted by Crippen LogP contribution is -2.21. The van der Waals surface area contributed by atoms with Crippen LogP contribution in [0, 0.1) is 10.1 Å². The second kappa shape index (κ2) is 4.57. The number of nitro groups is 1. The number of hydrogen-bond donors (Lipinski definition) is 1. The van der Waals surface area contributed by atoms with E-state index in [0.717, 1.165) is 0 Å². The predicted molar refractivity (Wildman–Crippen MR) is 51.9 cm³/mol. The monoisotopic (exact) mass is 214 g/mol. The molecule has 74 valence electrons. The zero-order valence-corrected chi connectivity index (χ0v) is 7.82. The summed E-state index contributed by atoms with van der Waals surface area (Å²) < 4.78 is 0. The molecule has 0 saturated carbocycles. The molecule has 5 nitrogen and oxygen atoms in total. The van der Waals surface area contributed by atoms with Crippen LogP contribution in [0.25, 0.3) is 0 Å². The summed E-state index contributed by atoms with van der Waals surface area (Å²) in [5, 5.41) is 12.8. The number of amides is 1. The average molecular weight is 215 g/mol. The van der Waals surface area contributed by atoms with Gasteiger partial charge in [0.1, 0.15) is 0 Å². The smallest absolute Gasteiger partial charge is 0.296 e. The highest BCUT2D eigenvalue weighted by Crippen LogP contribution is 2.14. The standard InChI is InChI=1S/C8H7ClN2O3/c9-6-2-1-3-7(4-6)10-8(12)5-11(13)14/h1-4H,5H2,(H,10,12). The molecular formula is C8H7ClN2O3. The summed E-state index contributed by atoms with van der Waals surface area (Å²) in [6.45, 7) is -0.744. The summed E-state index contributed by atoms with van der Waals surface area (Å²) in [5.74, 6) is -0.669. The van der Waals surface area contributed by atoms with Gasteiger partial charge in [-0.15, -0.1) is 0 Å². The molecule has 0 aliphatic carbocycles. The van der Waals surface area contributed by atoms with Crippen LogP contribution in [0.2, 0.25) is 5.02 Å². The van der Waals surface area contributed by atoms with Crippen molar-refractivity contribution < 1.29 is 9.72 Å². The van der Waals surface area contributed by atoms with Gasteiger partial charge in [0, 0.05) is 15.6 Å². The van der Waals surface area contributed by atoms with Crippen LogP contribution in [-0.4, -0.2) is 17.4 Å². The first-order chi connectivity index (χ1) is 6.58. The largest absolute Gasteiger partial charge is 0.320 e. The second-order valence-corrected chi connectivity index (χ2v) is 2.99. The molecule has 0 unspecified atom stereocenters. The van der Waals surface area contributed by atoms with E-state index in [1.807, 2.05) is 0 Å². The van der Waals surface area contributed by atoms with E-state index in [0.29, 0.717) is 10.7 Å². The number of benzene rings is 1. The van der Waals surface area contributed by atoms with Gasteiger partial charge >= 0.3 is 0 Å². The summed E-state index contributed by atoms with van der Waals surface area (Å²) in [5.41, 5.74) is 0.448. The molecule has 0 aliphatic rings. The molecule has 14 heavy (non-hydrogen) atoms. The molecule has 1 aromatic carbocycles. The Labute approximate surface area is 84.8 Å². The first-order valence-corrected chi connectivity index (χ1v) is 4.13. The minimum Gasteiger partial charge on any atom is -0.320 e. The summed E-state index contributed by atoms with van der Waals surface area (Å²) in [4.78, 5) is 20.2. The molecule has 0 bridgehead atoms. The molecule has 0 aliphatic heterocycles. The third-order valence-corrected chi connectivity index (χ3v) is 1.62. The molecule has 1 aromatic rings. The van der Waals surface area contributed by atoms with Crippen LogP contribution in [0.4, 0.5) is 5.69 Å². The van der Waals surface area contributed by atoms with Gasteiger partial charge in [-0.25, -0.2) is 0 Å². The quantitative estimate of drug-likeness (QED) is 0.613. The van der Waals surface area contributed by atoms with Crippen LogP contribution in [0.15, 0.2) is 24.3 Å². The van der Waals surface area contributed by atoms with Crippen molar-refractivity contribution in [2.75, 3.05) is 11.9 Å². The summed E-state index contributed by atoms with van der Waals surface area (Å²) in [6, 6.07) is 6.40. The van der Waals surface area contributed by atoms with Gasteiger partial charge in [0.15, 0.2) is 0 Å². The third-order valence-electron chi connectivity index (χ3n) is 1.38. The molecule has 0 atom stereocenters. The van der Waals surface area contributed by atoms with E-state index in [1.165, 1.54) is 6.07 Å². The Morgan fingerprint density at radius 3 is 2.86 bits per heavy atom. The lowest BCUT2D eigenvalue weighted by atomic mass is 10.3. The minimum absolute atomic E-state index is 0.448. The van der Waals surface area contributed by atoms with E-state index >= 15 is 0 Å². The van der Waals surface area contributed by atoms with E-state index in [4.69, 9.17) is 11.6 Å². The van der Waals surface area contributed by atoms with Crippen LogP contribution in [-0.2, 0) is 4.79 Å². The van der Waals surface area contributed by atoms with E-state index in [-0.39, 0.29) is 0 Å². The van der Waals surface area contributed by atoms with Crippen LogP contribution in [0.5, 0.6) is 0 Å². The molecule has 0 saturated heterocycles. The van der Waals surface area contributed by atoms with E-state index < -0.39 is 17.4 Å². The topological polar surface area (TPSA) is 72.2 Å². The highest BCUT2D eigenvalue weighted by atomic mass is 35.5. The highest BCUT2D eigenvalue weighted by molar-refractivity contribution is 6.30. The van der Waals surface area contributed by atoms with Gasteiger partial charge in [0.05, 0.1) is 0 Å². The predicted octanol–water partition coefficient (Wildman–Crippen LogP) is 1.56. The van der Waals surface area contributed by atoms with Gasteiger partial charge in [0.25, 0.3) is 12.5 Å². The number of carbonyl (C=O) groups is 1. The van der Waals surface area contributed by atoms with Crippen molar-refractivity contribution in [3.8, 4) is 0 Å². The van der Waals surface area contributed by atoms with Crippen LogP contribution in [0.1, 0.15) is 0 Å². The average Bonchev–Trinajstić information content (AvgIpc) is 2.01. The number of nitrogens with zero attached hydrogens (tertiary/aromatic N) is 1. The van der Waals surface area contributed by atoms with E-state index in [2.05, 4.69) is 5.32 Å². The van der Waals surface area contributed by atoms with Gasteiger partial charge in [0.2, 0.25) is 0 Å². The Bertz CT molecular complexity index is 367. The summed E-state index contributed by atoms with van der Waals surface area (Å²) in [7, 11) is 0. The molecule has 0 heterocycles. The van der Waals surface area contributed by atoms with Gasteiger partial charge in [-0.3, -0.25) is 14.9 Å². The first-order valence-electron chi connectivity index (χ1n) is 3.75. The van der Waals surface area contributed by atoms with Crippen LogP contribution >= 0.6 is 11.6 Å². The van der Waals surface area contributed by atoms with Crippen molar-refractivity contribution in [1.29, 1.82) is 0 Å². The zero-order valence-electron chi connectivity index (χ0n) is 7.07. The maximum atomic E-state index is 10.9. The Morgan fingerprint density at radius 1 is 1.57 bits per heavy atom. The maximum Gasteiger partial charge on any atom is 0.296 e. The van der Waals surface area contributed by atoms with E-state index in [9.17, 15) is 14.9 Å². The maximum absolute atomic E-state index is 10.9. The molecule has 1 amide bonds. The number of carbonyl (C=O) groups excluding carboxylic acids is 1. The normalized spacial score (nSPS) is 9.50. The number of rotatable bonds is 3. The van der Waals surface area contributed by atoms with Crippen LogP contribution in [0.3, 0.4) is 0 Å². The Morgan fingerprint density at radius 2 is 2.29 bits per heavy atom. The van der Waals surface area contributed by atoms with Gasteiger partial charge < -0.3 is 5.32 Å². The molecule has 1 rings (SSSR count). The molecule has 6 heteroatoms. The first kappa shape index (κ1) is 10.5. The Kier molecular flexibility index (Phi) is 3.41. The summed E-state index contributed by atoms with van der Waals surface area (Å²) in [6.07, 6.45) is 0. The summed E-state index contributed by atoms with van der Waals surface area (Å²) >= 11 is 5.65. The SMILES string of the molecule is O=C(C[N+](=O)[O-])Nc1cccc(Cl)c1. The Hall–Kier alpha value is -1.62. The molecule has 0 radical (unpaired) electrons. The van der Waals surface area contributed by atoms with Crippen molar-refractivity contribution in [1.82, 2.24) is 0 Å². The van der Waals surface area contributed by atoms with Gasteiger partial charge in [-0.05, 0) is 18.2 Å². The lowest BCUT2D eigenvalue weighted by molar-refractivity contribution is -0.467. The number of halogens is 1. The lowest BCUT2D eigenvalue weighted by Gasteiger charge is -2.01. The number of nitrogens with one attached hydrogen (secondary N) is 1. The fourth-order valence-corrected chi connectivity index (χ4v) is 1.07. The van der Waals surface area contributed by atoms with E-state index in [1.54, 1.807) is 18.2 Å². The van der Waals surface area contributed by atoms with Gasteiger partial charge in [-0.1, -0.05) is 17.7 Å². The van der Waals surface area contributed by atoms with Crippen LogP contribution < -0.4 is 5.32 Å². The Balaban J connectivity index is 2.60. The van der Waals surface area contributed by atoms with Crippen molar-refractivity contribution >= 4 is 23.2 Å². The number of hydrogen-bond acceptors (Lipinski definition) is 3. The van der Waals surface area contributed by atoms with Crippen molar-refractivity contribution in [2.45, 2.75) is 0 Å². The molecule has 0 fully saturated rings. The van der Waals surface area contributed by atoms with Crippen molar-refractivity contribution in [2.24, 2.45) is 0 Å². The zero-order chi connectivity index (χ0) is 10.6. The molecular weight excluding hydrogens is 208 g/mol. The van der Waals surface area contributed by atoms with Crippen molar-refractivity contribution in [3.05, 3.63) is 39.4 Å². The second-order valence-electron chi connectivity index (χ2n) is 2.55. The van der Waals surface area contributed by atoms with Gasteiger partial charge in [-0.2, -0.15) is 0 Å². The molecule has 1 N–H and O–H groups in total. The molecule has 0 aromatic heterocycles. The van der Waals surface area contributed by atoms with Crippen molar-refractivity contribution in [3.63, 3.8) is 0 Å². The minimum atomic E-state index is -0.744. The molecule has 0 spiro atoms. The fourth-order valence-electron chi connectivity index (χ4n) is 0.884.